The third kappa shape index (κ3) is 1.35. The fraction of sp³-hybridized carbons (Fsp3) is 0. The molecule has 0 aromatic carbocycles. The van der Waals surface area contributed by atoms with Gasteiger partial charge in [0, 0.05) is 5.01 Å². The predicted octanol–water partition coefficient (Wildman–Crippen LogP) is 0.0504. The first kappa shape index (κ1) is 5.44. The van der Waals surface area contributed by atoms with E-state index in [2.05, 4.69) is 20.0 Å². The Morgan fingerprint density at radius 1 is 1.44 bits per heavy atom. The molecule has 0 aliphatic carbocycles. The van der Waals surface area contributed by atoms with Crippen LogP contribution < -0.4 is 0 Å². The molecule has 0 saturated carbocycles. The molecule has 5 nitrogen and oxygen atoms in total. The molecule has 1 heterocycles. The summed E-state index contributed by atoms with van der Waals surface area (Å²) in [5.74, 6) is 0.153. The minimum Gasteiger partial charge on any atom is -0.498 e. The van der Waals surface area contributed by atoms with Crippen LogP contribution in [-0.2, 0) is 0 Å². The molecule has 0 aliphatic rings. The molecule has 0 saturated heterocycles. The second-order valence-corrected chi connectivity index (χ2v) is 1.16. The fourth-order valence-corrected chi connectivity index (χ4v) is 0.338. The Bertz CT molecular complexity index is 236. The van der Waals surface area contributed by atoms with Crippen LogP contribution in [0.4, 0.5) is 0 Å². The van der Waals surface area contributed by atoms with Gasteiger partial charge in [-0.25, -0.2) is 15.0 Å². The lowest BCUT2D eigenvalue weighted by Gasteiger charge is -1.76. The van der Waals surface area contributed by atoms with E-state index in [1.807, 2.05) is 6.07 Å². The van der Waals surface area contributed by atoms with Crippen LogP contribution >= 0.6 is 0 Å². The zero-order chi connectivity index (χ0) is 6.53. The summed E-state index contributed by atoms with van der Waals surface area (Å²) in [6.45, 7) is 0. The third-order valence-corrected chi connectivity index (χ3v) is 0.639. The van der Waals surface area contributed by atoms with Crippen molar-refractivity contribution in [1.29, 1.82) is 0 Å². The topological polar surface area (TPSA) is 66.1 Å². The summed E-state index contributed by atoms with van der Waals surface area (Å²) in [7, 11) is 0. The van der Waals surface area contributed by atoms with Crippen LogP contribution in [0.3, 0.4) is 0 Å². The zero-order valence-corrected chi connectivity index (χ0v) is 4.35. The van der Waals surface area contributed by atoms with Crippen LogP contribution in [0.25, 0.3) is 5.01 Å². The van der Waals surface area contributed by atoms with E-state index in [-0.39, 0.29) is 5.82 Å². The fourth-order valence-electron chi connectivity index (χ4n) is 0.338. The quantitative estimate of drug-likeness (QED) is 0.456. The van der Waals surface area contributed by atoms with Crippen LogP contribution in [0.1, 0.15) is 5.82 Å². The normalized spacial score (nSPS) is 7.56. The Hall–Kier alpha value is -1.70. The predicted molar refractivity (Wildman–Crippen MR) is 29.5 cm³/mol. The van der Waals surface area contributed by atoms with E-state index >= 15 is 0 Å². The van der Waals surface area contributed by atoms with E-state index in [1.165, 1.54) is 12.7 Å². The first-order valence-corrected chi connectivity index (χ1v) is 2.14. The van der Waals surface area contributed by atoms with Crippen molar-refractivity contribution in [3.8, 4) is 6.07 Å². The van der Waals surface area contributed by atoms with Gasteiger partial charge in [-0.05, 0) is 0 Å². The largest absolute Gasteiger partial charge is 0.498 e. The maximum atomic E-state index is 9.51. The van der Waals surface area contributed by atoms with Gasteiger partial charge in [0.2, 0.25) is 0 Å². The van der Waals surface area contributed by atoms with Crippen LogP contribution in [0.2, 0.25) is 0 Å². The van der Waals surface area contributed by atoms with E-state index in [0.717, 1.165) is 0 Å². The van der Waals surface area contributed by atoms with Gasteiger partial charge in [-0.2, -0.15) is 0 Å². The third-order valence-electron chi connectivity index (χ3n) is 0.639. The van der Waals surface area contributed by atoms with Gasteiger partial charge < -0.3 is 5.21 Å². The molecule has 9 heavy (non-hydrogen) atoms. The average Bonchev–Trinajstić information content (AvgIpc) is 1.91. The molecule has 0 atom stereocenters. The van der Waals surface area contributed by atoms with Crippen molar-refractivity contribution >= 4 is 0 Å². The second kappa shape index (κ2) is 2.57. The van der Waals surface area contributed by atoms with E-state index < -0.39 is 0 Å². The Morgan fingerprint density at radius 2 is 2.11 bits per heavy atom. The molecule has 0 N–H and O–H groups in total. The molecule has 0 amide bonds. The van der Waals surface area contributed by atoms with Crippen molar-refractivity contribution in [3.05, 3.63) is 28.7 Å². The summed E-state index contributed by atoms with van der Waals surface area (Å²) >= 11 is 0. The molecule has 5 heteroatoms. The minimum absolute atomic E-state index is 0.153. The van der Waals surface area contributed by atoms with Crippen molar-refractivity contribution in [1.82, 2.24) is 15.0 Å². The highest BCUT2D eigenvalue weighted by atomic mass is 16.4. The van der Waals surface area contributed by atoms with Crippen LogP contribution in [0, 0.1) is 11.3 Å². The van der Waals surface area contributed by atoms with Crippen molar-refractivity contribution in [2.75, 3.05) is 0 Å². The maximum absolute atomic E-state index is 9.51. The molecular formula is C4H2N4O. The highest BCUT2D eigenvalue weighted by molar-refractivity contribution is 5.12. The van der Waals surface area contributed by atoms with Crippen molar-refractivity contribution in [3.63, 3.8) is 0 Å². The monoisotopic (exact) mass is 122 g/mol. The SMILES string of the molecule is [O-][N+]#Cc1ncncn1. The van der Waals surface area contributed by atoms with Crippen molar-refractivity contribution in [2.45, 2.75) is 0 Å². The summed E-state index contributed by atoms with van der Waals surface area (Å²) in [6.07, 6.45) is 2.53. The molecule has 0 unspecified atom stereocenters. The first-order valence-electron chi connectivity index (χ1n) is 2.14. The highest BCUT2D eigenvalue weighted by Crippen LogP contribution is 1.78. The molecule has 0 bridgehead atoms. The number of nitrogens with zero attached hydrogens (tertiary/aromatic N) is 4. The van der Waals surface area contributed by atoms with E-state index in [9.17, 15) is 5.21 Å². The van der Waals surface area contributed by atoms with Crippen molar-refractivity contribution < 1.29 is 0 Å². The molecule has 0 spiro atoms. The lowest BCUT2D eigenvalue weighted by Crippen LogP contribution is -1.86. The van der Waals surface area contributed by atoms with E-state index in [4.69, 9.17) is 0 Å². The van der Waals surface area contributed by atoms with Gasteiger partial charge in [0.1, 0.15) is 12.7 Å². The Morgan fingerprint density at radius 3 is 2.67 bits per heavy atom. The summed E-state index contributed by atoms with van der Waals surface area (Å²) in [5.41, 5.74) is 0. The standard InChI is InChI=1S/C4H2N4O/c9-8-1-4-6-2-5-3-7-4/h2-3H. The number of hydrogen-bond acceptors (Lipinski definition) is 4. The Labute approximate surface area is 50.8 Å². The lowest BCUT2D eigenvalue weighted by atomic mass is 10.7. The van der Waals surface area contributed by atoms with Gasteiger partial charge in [-0.15, -0.1) is 0 Å². The summed E-state index contributed by atoms with van der Waals surface area (Å²) in [6, 6.07) is 2.01. The highest BCUT2D eigenvalue weighted by Gasteiger charge is 1.92. The average molecular weight is 122 g/mol. The van der Waals surface area contributed by atoms with Crippen LogP contribution in [0.5, 0.6) is 0 Å². The van der Waals surface area contributed by atoms with E-state index in [0.29, 0.717) is 0 Å². The van der Waals surface area contributed by atoms with Gasteiger partial charge in [0.05, 0.1) is 0 Å². The van der Waals surface area contributed by atoms with Crippen LogP contribution in [0.15, 0.2) is 12.7 Å². The molecule has 44 valence electrons. The van der Waals surface area contributed by atoms with Gasteiger partial charge in [-0.3, -0.25) is 0 Å². The smallest absolute Gasteiger partial charge is 0.378 e. The molecule has 1 rings (SSSR count). The maximum Gasteiger partial charge on any atom is 0.378 e. The van der Waals surface area contributed by atoms with Crippen LogP contribution in [-0.4, -0.2) is 15.0 Å². The first-order chi connectivity index (χ1) is 4.43. The molecule has 0 radical (unpaired) electrons. The second-order valence-electron chi connectivity index (χ2n) is 1.16. The summed E-state index contributed by atoms with van der Waals surface area (Å²) < 4.78 is 0. The molecule has 1 aromatic rings. The zero-order valence-electron chi connectivity index (χ0n) is 4.35. The number of aromatic nitrogens is 3. The minimum atomic E-state index is 0.153. The van der Waals surface area contributed by atoms with Crippen molar-refractivity contribution in [2.24, 2.45) is 0 Å². The molecular weight excluding hydrogens is 120 g/mol. The molecule has 0 fully saturated rings. The Kier molecular flexibility index (Phi) is 1.55. The number of rotatable bonds is 0. The Balaban J connectivity index is 2.94. The lowest BCUT2D eigenvalue weighted by molar-refractivity contribution is 1.02. The summed E-state index contributed by atoms with van der Waals surface area (Å²) in [4.78, 5) is 10.6. The number of hydrogen-bond donors (Lipinski definition) is 0. The van der Waals surface area contributed by atoms with Gasteiger partial charge in [0.15, 0.2) is 0 Å². The molecule has 1 aromatic heterocycles. The van der Waals surface area contributed by atoms with Gasteiger partial charge in [0.25, 0.3) is 5.82 Å². The van der Waals surface area contributed by atoms with Gasteiger partial charge in [-0.1, -0.05) is 0 Å². The summed E-state index contributed by atoms with van der Waals surface area (Å²) in [5, 5.41) is 11.9. The molecule has 0 aliphatic heterocycles. The van der Waals surface area contributed by atoms with Gasteiger partial charge >= 0.3 is 6.07 Å². The van der Waals surface area contributed by atoms with E-state index in [1.54, 1.807) is 0 Å².